The lowest BCUT2D eigenvalue weighted by Gasteiger charge is -2.46. The van der Waals surface area contributed by atoms with Crippen LogP contribution in [-0.2, 0) is 20.9 Å². The molecular formula is C24H23ClN2O6S2. The average Bonchev–Trinajstić information content (AvgIpc) is 3.07. The van der Waals surface area contributed by atoms with E-state index in [1.54, 1.807) is 18.7 Å². The Hall–Kier alpha value is -2.53. The van der Waals surface area contributed by atoms with E-state index in [0.717, 1.165) is 9.80 Å². The van der Waals surface area contributed by atoms with Crippen molar-refractivity contribution in [3.8, 4) is 0 Å². The van der Waals surface area contributed by atoms with Gasteiger partial charge >= 0.3 is 5.97 Å². The molecule has 2 aliphatic heterocycles. The number of nitro benzene ring substituents is 1. The number of aliphatic hydroxyl groups excluding tert-OH is 1. The molecule has 1 fully saturated rings. The Morgan fingerprint density at radius 3 is 2.46 bits per heavy atom. The lowest BCUT2D eigenvalue weighted by atomic mass is 9.79. The number of esters is 1. The molecule has 11 heteroatoms. The van der Waals surface area contributed by atoms with Crippen molar-refractivity contribution in [1.82, 2.24) is 4.90 Å². The smallest absolute Gasteiger partial charge is 0.356 e. The van der Waals surface area contributed by atoms with Gasteiger partial charge in [-0.15, -0.1) is 23.5 Å². The van der Waals surface area contributed by atoms with Crippen molar-refractivity contribution in [2.24, 2.45) is 11.8 Å². The topological polar surface area (TPSA) is 110 Å². The van der Waals surface area contributed by atoms with Crippen molar-refractivity contribution < 1.29 is 24.4 Å². The second-order valence-corrected chi connectivity index (χ2v) is 11.2. The Balaban J connectivity index is 1.50. The highest BCUT2D eigenvalue weighted by Gasteiger charge is 2.60. The van der Waals surface area contributed by atoms with Crippen LogP contribution >= 0.6 is 35.1 Å². The predicted molar refractivity (Wildman–Crippen MR) is 135 cm³/mol. The molecule has 8 nitrogen and oxygen atoms in total. The normalized spacial score (nSPS) is 22.0. The largest absolute Gasteiger partial charge is 0.456 e. The Kier molecular flexibility index (Phi) is 7.75. The fourth-order valence-electron chi connectivity index (χ4n) is 4.33. The Morgan fingerprint density at radius 1 is 1.20 bits per heavy atom. The molecule has 2 heterocycles. The second-order valence-electron chi connectivity index (χ2n) is 8.33. The van der Waals surface area contributed by atoms with Gasteiger partial charge in [-0.25, -0.2) is 4.79 Å². The van der Waals surface area contributed by atoms with Crippen molar-refractivity contribution in [2.45, 2.75) is 37.5 Å². The number of nitro groups is 1. The van der Waals surface area contributed by atoms with Crippen LogP contribution in [0.4, 0.5) is 5.69 Å². The minimum atomic E-state index is -0.823. The molecule has 4 atom stereocenters. The van der Waals surface area contributed by atoms with E-state index in [9.17, 15) is 24.8 Å². The number of nitrogens with zero attached hydrogens (tertiary/aromatic N) is 2. The van der Waals surface area contributed by atoms with E-state index < -0.39 is 22.9 Å². The fraction of sp³-hybridized carbons (Fsp3) is 0.333. The zero-order valence-electron chi connectivity index (χ0n) is 18.9. The molecule has 0 radical (unpaired) electrons. The van der Waals surface area contributed by atoms with Gasteiger partial charge in [0.05, 0.1) is 23.0 Å². The zero-order chi connectivity index (χ0) is 25.3. The van der Waals surface area contributed by atoms with Crippen molar-refractivity contribution in [3.05, 3.63) is 79.8 Å². The summed E-state index contributed by atoms with van der Waals surface area (Å²) in [6.07, 6.45) is -0.823. The number of ether oxygens (including phenoxy) is 1. The monoisotopic (exact) mass is 534 g/mol. The molecule has 0 bridgehead atoms. The summed E-state index contributed by atoms with van der Waals surface area (Å²) in [5, 5.41) is 22.2. The SMILES string of the molecule is C[C@@H](O)[C@H]1C(=O)N2C(C(=O)OCc3ccc([N+](=O)[O-])cc3)=C(SCSc3ccc(Cl)cc3)[C@H](C)[C@H]12. The number of carbonyl (C=O) groups excluding carboxylic acids is 2. The molecule has 0 saturated carbocycles. The number of amides is 1. The molecule has 0 spiro atoms. The summed E-state index contributed by atoms with van der Waals surface area (Å²) in [5.74, 6) is -1.62. The summed E-state index contributed by atoms with van der Waals surface area (Å²) in [6, 6.07) is 12.9. The summed E-state index contributed by atoms with van der Waals surface area (Å²) < 4.78 is 5.51. The first-order valence-corrected chi connectivity index (χ1v) is 13.2. The molecule has 1 saturated heterocycles. The minimum absolute atomic E-state index is 0.0533. The van der Waals surface area contributed by atoms with E-state index in [2.05, 4.69) is 0 Å². The van der Waals surface area contributed by atoms with Gasteiger partial charge in [0.15, 0.2) is 0 Å². The molecule has 0 aromatic heterocycles. The van der Waals surface area contributed by atoms with Gasteiger partial charge in [-0.2, -0.15) is 0 Å². The third-order valence-corrected chi connectivity index (χ3v) is 8.75. The maximum Gasteiger partial charge on any atom is 0.356 e. The predicted octanol–water partition coefficient (Wildman–Crippen LogP) is 4.84. The van der Waals surface area contributed by atoms with Crippen molar-refractivity contribution in [2.75, 3.05) is 5.08 Å². The van der Waals surface area contributed by atoms with Crippen LogP contribution in [0.15, 0.2) is 64.0 Å². The summed E-state index contributed by atoms with van der Waals surface area (Å²) >= 11 is 9.01. The molecule has 2 aliphatic rings. The molecule has 184 valence electrons. The van der Waals surface area contributed by atoms with E-state index in [1.165, 1.54) is 40.9 Å². The number of halogens is 1. The number of thioether (sulfide) groups is 2. The lowest BCUT2D eigenvalue weighted by molar-refractivity contribution is -0.384. The number of hydrogen-bond acceptors (Lipinski definition) is 8. The van der Waals surface area contributed by atoms with Crippen molar-refractivity contribution in [3.63, 3.8) is 0 Å². The number of hydrogen-bond donors (Lipinski definition) is 1. The number of β-lactam (4-membered cyclic amide) rings is 1. The van der Waals surface area contributed by atoms with Crippen LogP contribution in [0, 0.1) is 22.0 Å². The first-order valence-electron chi connectivity index (χ1n) is 10.9. The van der Waals surface area contributed by atoms with Gasteiger partial charge in [-0.3, -0.25) is 14.9 Å². The summed E-state index contributed by atoms with van der Waals surface area (Å²) in [6.45, 7) is 3.45. The van der Waals surface area contributed by atoms with Gasteiger partial charge in [0, 0.05) is 38.0 Å². The van der Waals surface area contributed by atoms with Gasteiger partial charge in [-0.1, -0.05) is 18.5 Å². The number of non-ortho nitro benzene ring substituents is 1. The molecule has 35 heavy (non-hydrogen) atoms. The highest BCUT2D eigenvalue weighted by Crippen LogP contribution is 2.51. The van der Waals surface area contributed by atoms with E-state index in [4.69, 9.17) is 16.3 Å². The van der Waals surface area contributed by atoms with E-state index in [0.29, 0.717) is 15.7 Å². The fourth-order valence-corrected chi connectivity index (χ4v) is 6.79. The summed E-state index contributed by atoms with van der Waals surface area (Å²) in [5.41, 5.74) is 0.756. The van der Waals surface area contributed by atoms with Gasteiger partial charge in [0.2, 0.25) is 5.91 Å². The number of fused-ring (bicyclic) bond motifs is 1. The summed E-state index contributed by atoms with van der Waals surface area (Å²) in [4.78, 5) is 39.5. The molecule has 1 N–H and O–H groups in total. The highest BCUT2D eigenvalue weighted by molar-refractivity contribution is 8.17. The van der Waals surface area contributed by atoms with Crippen LogP contribution in [0.1, 0.15) is 19.4 Å². The Bertz CT molecular complexity index is 1170. The zero-order valence-corrected chi connectivity index (χ0v) is 21.3. The third-order valence-electron chi connectivity index (χ3n) is 6.07. The van der Waals surface area contributed by atoms with Crippen LogP contribution in [-0.4, -0.2) is 44.0 Å². The average molecular weight is 535 g/mol. The maximum absolute atomic E-state index is 13.2. The van der Waals surface area contributed by atoms with Crippen LogP contribution in [0.3, 0.4) is 0 Å². The number of rotatable bonds is 9. The van der Waals surface area contributed by atoms with Gasteiger partial charge in [0.25, 0.3) is 5.69 Å². The van der Waals surface area contributed by atoms with Gasteiger partial charge in [-0.05, 0) is 48.9 Å². The van der Waals surface area contributed by atoms with Crippen LogP contribution in [0.5, 0.6) is 0 Å². The standard InChI is InChI=1S/C24H23ClN2O6S2/c1-13-20-19(14(2)28)23(29)26(20)21(22(13)35-12-34-18-9-5-16(25)6-10-18)24(30)33-11-15-3-7-17(8-4-15)27(31)32/h3-10,13-14,19-20,28H,11-12H2,1-2H3/t13-,14-,19-,20-/m1/s1. The third kappa shape index (κ3) is 5.20. The highest BCUT2D eigenvalue weighted by atomic mass is 35.5. The van der Waals surface area contributed by atoms with Crippen LogP contribution in [0.25, 0.3) is 0 Å². The van der Waals surface area contributed by atoms with Gasteiger partial charge < -0.3 is 14.7 Å². The minimum Gasteiger partial charge on any atom is -0.456 e. The van der Waals surface area contributed by atoms with E-state index >= 15 is 0 Å². The van der Waals surface area contributed by atoms with Crippen molar-refractivity contribution in [1.29, 1.82) is 0 Å². The molecule has 2 aromatic rings. The van der Waals surface area contributed by atoms with Crippen molar-refractivity contribution >= 4 is 52.7 Å². The molecule has 0 aliphatic carbocycles. The molecule has 0 unspecified atom stereocenters. The van der Waals surface area contributed by atoms with Crippen LogP contribution < -0.4 is 0 Å². The Morgan fingerprint density at radius 2 is 1.86 bits per heavy atom. The lowest BCUT2D eigenvalue weighted by Crippen LogP contribution is -2.63. The number of carbonyl (C=O) groups is 2. The molecule has 1 amide bonds. The van der Waals surface area contributed by atoms with Crippen LogP contribution in [0.2, 0.25) is 5.02 Å². The number of aliphatic hydroxyl groups is 1. The first-order chi connectivity index (χ1) is 16.7. The first kappa shape index (κ1) is 25.6. The summed E-state index contributed by atoms with van der Waals surface area (Å²) in [7, 11) is 0. The molecule has 4 rings (SSSR count). The van der Waals surface area contributed by atoms with E-state index in [1.807, 2.05) is 31.2 Å². The molecule has 2 aromatic carbocycles. The number of benzene rings is 2. The Labute approximate surface area is 215 Å². The molecular weight excluding hydrogens is 512 g/mol. The maximum atomic E-state index is 13.2. The van der Waals surface area contributed by atoms with E-state index in [-0.39, 0.29) is 35.9 Å². The van der Waals surface area contributed by atoms with Gasteiger partial charge in [0.1, 0.15) is 12.3 Å². The quantitative estimate of drug-likeness (QED) is 0.121. The second kappa shape index (κ2) is 10.6.